The SMILES string of the molecule is CC(Cc1ccccc1F)C(=O)NCc1ccc(OCCCC(=O)O)cc1. The molecule has 1 atom stereocenters. The number of rotatable bonds is 10. The van der Waals surface area contributed by atoms with Gasteiger partial charge in [0.25, 0.3) is 0 Å². The first kappa shape index (κ1) is 20.4. The average molecular weight is 373 g/mol. The van der Waals surface area contributed by atoms with Crippen LogP contribution in [0.15, 0.2) is 48.5 Å². The number of ether oxygens (including phenoxy) is 1. The van der Waals surface area contributed by atoms with Crippen molar-refractivity contribution in [2.24, 2.45) is 5.92 Å². The molecule has 27 heavy (non-hydrogen) atoms. The van der Waals surface area contributed by atoms with Gasteiger partial charge in [0.2, 0.25) is 5.91 Å². The molecule has 2 aromatic carbocycles. The molecule has 1 unspecified atom stereocenters. The second-order valence-electron chi connectivity index (χ2n) is 6.40. The van der Waals surface area contributed by atoms with Gasteiger partial charge in [-0.15, -0.1) is 0 Å². The van der Waals surface area contributed by atoms with Gasteiger partial charge < -0.3 is 15.2 Å². The van der Waals surface area contributed by atoms with Crippen molar-refractivity contribution < 1.29 is 23.8 Å². The molecule has 0 saturated carbocycles. The van der Waals surface area contributed by atoms with E-state index < -0.39 is 5.97 Å². The molecule has 0 saturated heterocycles. The highest BCUT2D eigenvalue weighted by Gasteiger charge is 2.15. The summed E-state index contributed by atoms with van der Waals surface area (Å²) in [5, 5.41) is 11.4. The fraction of sp³-hybridized carbons (Fsp3) is 0.333. The van der Waals surface area contributed by atoms with E-state index in [4.69, 9.17) is 9.84 Å². The van der Waals surface area contributed by atoms with Crippen LogP contribution in [0.2, 0.25) is 0 Å². The maximum Gasteiger partial charge on any atom is 0.303 e. The first-order valence-corrected chi connectivity index (χ1v) is 8.90. The highest BCUT2D eigenvalue weighted by Crippen LogP contribution is 2.14. The summed E-state index contributed by atoms with van der Waals surface area (Å²) in [5.41, 5.74) is 1.45. The maximum absolute atomic E-state index is 13.7. The molecule has 0 bridgehead atoms. The van der Waals surface area contributed by atoms with E-state index in [0.29, 0.717) is 37.3 Å². The molecule has 0 aliphatic carbocycles. The third-order valence-electron chi connectivity index (χ3n) is 4.13. The lowest BCUT2D eigenvalue weighted by Crippen LogP contribution is -2.30. The number of carboxylic acid groups (broad SMARTS) is 1. The van der Waals surface area contributed by atoms with Crippen LogP contribution in [0.25, 0.3) is 0 Å². The number of hydrogen-bond donors (Lipinski definition) is 2. The number of hydrogen-bond acceptors (Lipinski definition) is 3. The first-order valence-electron chi connectivity index (χ1n) is 8.90. The zero-order chi connectivity index (χ0) is 19.6. The Morgan fingerprint density at radius 2 is 1.85 bits per heavy atom. The molecule has 0 fully saturated rings. The van der Waals surface area contributed by atoms with Crippen LogP contribution in [-0.4, -0.2) is 23.6 Å². The Morgan fingerprint density at radius 1 is 1.15 bits per heavy atom. The lowest BCUT2D eigenvalue weighted by Gasteiger charge is -2.13. The van der Waals surface area contributed by atoms with Crippen LogP contribution in [0, 0.1) is 11.7 Å². The van der Waals surface area contributed by atoms with Gasteiger partial charge in [-0.1, -0.05) is 37.3 Å². The van der Waals surface area contributed by atoms with E-state index in [1.54, 1.807) is 37.3 Å². The summed E-state index contributed by atoms with van der Waals surface area (Å²) >= 11 is 0. The van der Waals surface area contributed by atoms with Crippen molar-refractivity contribution in [3.8, 4) is 5.75 Å². The highest BCUT2D eigenvalue weighted by atomic mass is 19.1. The summed E-state index contributed by atoms with van der Waals surface area (Å²) in [6.45, 7) is 2.49. The molecule has 144 valence electrons. The van der Waals surface area contributed by atoms with Crippen molar-refractivity contribution in [2.75, 3.05) is 6.61 Å². The lowest BCUT2D eigenvalue weighted by atomic mass is 10.00. The van der Waals surface area contributed by atoms with E-state index >= 15 is 0 Å². The number of benzene rings is 2. The zero-order valence-electron chi connectivity index (χ0n) is 15.3. The average Bonchev–Trinajstić information content (AvgIpc) is 2.66. The topological polar surface area (TPSA) is 75.6 Å². The third kappa shape index (κ3) is 7.09. The number of amides is 1. The summed E-state index contributed by atoms with van der Waals surface area (Å²) in [6.07, 6.45) is 0.879. The van der Waals surface area contributed by atoms with E-state index in [1.807, 2.05) is 12.1 Å². The Hall–Kier alpha value is -2.89. The number of nitrogens with one attached hydrogen (secondary N) is 1. The first-order chi connectivity index (χ1) is 13.0. The van der Waals surface area contributed by atoms with Gasteiger partial charge in [-0.25, -0.2) is 4.39 Å². The van der Waals surface area contributed by atoms with Crippen LogP contribution in [0.1, 0.15) is 30.9 Å². The van der Waals surface area contributed by atoms with Crippen molar-refractivity contribution in [3.63, 3.8) is 0 Å². The van der Waals surface area contributed by atoms with Gasteiger partial charge in [-0.2, -0.15) is 0 Å². The third-order valence-corrected chi connectivity index (χ3v) is 4.13. The minimum atomic E-state index is -0.839. The summed E-state index contributed by atoms with van der Waals surface area (Å²) in [4.78, 5) is 22.7. The van der Waals surface area contributed by atoms with Crippen molar-refractivity contribution in [3.05, 3.63) is 65.5 Å². The van der Waals surface area contributed by atoms with Gasteiger partial charge in [0.15, 0.2) is 0 Å². The molecular weight excluding hydrogens is 349 g/mol. The summed E-state index contributed by atoms with van der Waals surface area (Å²) < 4.78 is 19.1. The molecule has 6 heteroatoms. The molecule has 0 radical (unpaired) electrons. The number of carbonyl (C=O) groups is 2. The lowest BCUT2D eigenvalue weighted by molar-refractivity contribution is -0.137. The molecule has 2 aromatic rings. The van der Waals surface area contributed by atoms with E-state index in [1.165, 1.54) is 6.07 Å². The van der Waals surface area contributed by atoms with Gasteiger partial charge in [0.1, 0.15) is 11.6 Å². The summed E-state index contributed by atoms with van der Waals surface area (Å²) in [6, 6.07) is 13.7. The van der Waals surface area contributed by atoms with Crippen LogP contribution in [0.3, 0.4) is 0 Å². The summed E-state index contributed by atoms with van der Waals surface area (Å²) in [7, 11) is 0. The molecular formula is C21H24FNO4. The van der Waals surface area contributed by atoms with Crippen LogP contribution in [0.5, 0.6) is 5.75 Å². The quantitative estimate of drug-likeness (QED) is 0.625. The molecule has 0 heterocycles. The largest absolute Gasteiger partial charge is 0.494 e. The molecule has 1 amide bonds. The van der Waals surface area contributed by atoms with Crippen molar-refractivity contribution in [2.45, 2.75) is 32.7 Å². The Balaban J connectivity index is 1.76. The molecule has 0 aliphatic heterocycles. The number of halogens is 1. The van der Waals surface area contributed by atoms with Gasteiger partial charge in [0, 0.05) is 18.9 Å². The van der Waals surface area contributed by atoms with Gasteiger partial charge >= 0.3 is 5.97 Å². The second kappa shape index (κ2) is 10.3. The standard InChI is InChI=1S/C21H24FNO4/c1-15(13-17-5-2-3-6-19(17)22)21(26)23-14-16-8-10-18(11-9-16)27-12-4-7-20(24)25/h2-3,5-6,8-11,15H,4,7,12-14H2,1H3,(H,23,26)(H,24,25). The smallest absolute Gasteiger partial charge is 0.303 e. The van der Waals surface area contributed by atoms with Crippen molar-refractivity contribution >= 4 is 11.9 Å². The van der Waals surface area contributed by atoms with E-state index in [0.717, 1.165) is 5.56 Å². The summed E-state index contributed by atoms with van der Waals surface area (Å²) in [5.74, 6) is -0.945. The molecule has 5 nitrogen and oxygen atoms in total. The van der Waals surface area contributed by atoms with Crippen molar-refractivity contribution in [1.29, 1.82) is 0 Å². The van der Waals surface area contributed by atoms with E-state index in [2.05, 4.69) is 5.32 Å². The Kier molecular flexibility index (Phi) is 7.79. The maximum atomic E-state index is 13.7. The normalized spacial score (nSPS) is 11.6. The highest BCUT2D eigenvalue weighted by molar-refractivity contribution is 5.78. The molecule has 0 aromatic heterocycles. The number of carboxylic acids is 1. The van der Waals surface area contributed by atoms with Crippen molar-refractivity contribution in [1.82, 2.24) is 5.32 Å². The predicted molar refractivity (Wildman–Crippen MR) is 99.9 cm³/mol. The van der Waals surface area contributed by atoms with Crippen LogP contribution in [0.4, 0.5) is 4.39 Å². The van der Waals surface area contributed by atoms with Crippen LogP contribution < -0.4 is 10.1 Å². The van der Waals surface area contributed by atoms with Crippen LogP contribution >= 0.6 is 0 Å². The minimum absolute atomic E-state index is 0.0786. The fourth-order valence-corrected chi connectivity index (χ4v) is 2.57. The Morgan fingerprint density at radius 3 is 2.52 bits per heavy atom. The van der Waals surface area contributed by atoms with Crippen LogP contribution in [-0.2, 0) is 22.6 Å². The van der Waals surface area contributed by atoms with Gasteiger partial charge in [-0.3, -0.25) is 9.59 Å². The Labute approximate surface area is 158 Å². The zero-order valence-corrected chi connectivity index (χ0v) is 15.3. The molecule has 2 rings (SSSR count). The fourth-order valence-electron chi connectivity index (χ4n) is 2.57. The van der Waals surface area contributed by atoms with E-state index in [9.17, 15) is 14.0 Å². The number of carbonyl (C=O) groups excluding carboxylic acids is 1. The Bertz CT molecular complexity index is 761. The molecule has 0 aliphatic rings. The minimum Gasteiger partial charge on any atom is -0.494 e. The second-order valence-corrected chi connectivity index (χ2v) is 6.40. The molecule has 0 spiro atoms. The number of aliphatic carboxylic acids is 1. The van der Waals surface area contributed by atoms with Gasteiger partial charge in [0.05, 0.1) is 6.61 Å². The molecule has 2 N–H and O–H groups in total. The predicted octanol–water partition coefficient (Wildman–Crippen LogP) is 3.56. The van der Waals surface area contributed by atoms with E-state index in [-0.39, 0.29) is 24.1 Å². The monoisotopic (exact) mass is 373 g/mol. The van der Waals surface area contributed by atoms with Gasteiger partial charge in [-0.05, 0) is 42.2 Å².